The van der Waals surface area contributed by atoms with Crippen molar-refractivity contribution in [2.45, 2.75) is 12.8 Å². The third-order valence-electron chi connectivity index (χ3n) is 0.577. The van der Waals surface area contributed by atoms with Crippen molar-refractivity contribution < 1.29 is 39.6 Å². The van der Waals surface area contributed by atoms with Gasteiger partial charge in [-0.15, -0.1) is 0 Å². The minimum Gasteiger partial charge on any atom is -0.550 e. The molecule has 0 radical (unpaired) electrons. The van der Waals surface area contributed by atoms with Crippen molar-refractivity contribution >= 4 is 115 Å². The van der Waals surface area contributed by atoms with E-state index >= 15 is 0 Å². The van der Waals surface area contributed by atoms with Gasteiger partial charge in [0.2, 0.25) is 0 Å². The number of carbonyl (C=O) groups is 4. The van der Waals surface area contributed by atoms with E-state index in [-0.39, 0.29) is 91.0 Å². The fourth-order valence-electron chi connectivity index (χ4n) is 0.236. The van der Waals surface area contributed by atoms with E-state index in [2.05, 4.69) is 0 Å². The molecule has 0 amide bonds. The van der Waals surface area contributed by atoms with Crippen molar-refractivity contribution in [2.24, 2.45) is 0 Å². The predicted molar refractivity (Wildman–Crippen MR) is 40.8 cm³/mol. The number of hydrogen-bond acceptors (Lipinski definition) is 8. The largest absolute Gasteiger partial charge is 2.00 e. The molecule has 0 N–H and O–H groups in total. The van der Waals surface area contributed by atoms with Crippen LogP contribution < -0.4 is 20.4 Å². The first-order chi connectivity index (χ1) is 6.25. The summed E-state index contributed by atoms with van der Waals surface area (Å²) in [6.45, 7) is 0. The number of aliphatic carboxylic acids is 4. The van der Waals surface area contributed by atoms with E-state index in [0.29, 0.717) is 0 Å². The van der Waals surface area contributed by atoms with Crippen LogP contribution in [0.15, 0.2) is 0 Å². The van der Waals surface area contributed by atoms with Crippen LogP contribution in [-0.2, 0) is 19.2 Å². The number of hydrogen-bond donors (Lipinski definition) is 0. The maximum Gasteiger partial charge on any atom is 2.00 e. The quantitative estimate of drug-likeness (QED) is 0.344. The maximum atomic E-state index is 9.28. The van der Waals surface area contributed by atoms with Crippen molar-refractivity contribution in [2.75, 3.05) is 0 Å². The fourth-order valence-corrected chi connectivity index (χ4v) is 0.236. The Morgan fingerprint density at radius 2 is 0.688 bits per heavy atom. The molecule has 0 aliphatic heterocycles. The molecule has 80 valence electrons. The van der Waals surface area contributed by atoms with Gasteiger partial charge in [0.25, 0.3) is 0 Å². The Labute approximate surface area is 164 Å². The van der Waals surface area contributed by atoms with E-state index in [4.69, 9.17) is 0 Å². The van der Waals surface area contributed by atoms with Gasteiger partial charge in [-0.05, 0) is 0 Å². The Hall–Kier alpha value is 0.841. The van der Waals surface area contributed by atoms with Gasteiger partial charge in [-0.1, -0.05) is 0 Å². The summed E-state index contributed by atoms with van der Waals surface area (Å²) in [6.07, 6.45) is -2.06. The molecule has 0 aliphatic rings. The number of carboxylic acid groups (broad SMARTS) is 4. The first kappa shape index (κ1) is 25.6. The molecule has 0 spiro atoms. The standard InChI is InChI=1S/2C3H4O4.2Sr/c2*4-2(5)1-3(6)7;;/h2*1H2,(H,4,5)(H,6,7);;/q;;2*+2/p-4. The summed E-state index contributed by atoms with van der Waals surface area (Å²) < 4.78 is 0. The van der Waals surface area contributed by atoms with Gasteiger partial charge in [-0.3, -0.25) is 0 Å². The molecular formula is C6H4O8Sr2. The molecule has 0 saturated carbocycles. The summed E-state index contributed by atoms with van der Waals surface area (Å²) in [6, 6.07) is 0. The predicted octanol–water partition coefficient (Wildman–Crippen LogP) is -7.01. The zero-order valence-corrected chi connectivity index (χ0v) is 15.0. The summed E-state index contributed by atoms with van der Waals surface area (Å²) in [5, 5.41) is 37.1. The summed E-state index contributed by atoms with van der Waals surface area (Å²) in [5.41, 5.74) is 0. The second kappa shape index (κ2) is 15.8. The number of rotatable bonds is 4. The smallest absolute Gasteiger partial charge is 0.550 e. The second-order valence-electron chi connectivity index (χ2n) is 1.84. The molecule has 0 fully saturated rings. The van der Waals surface area contributed by atoms with E-state index in [1.54, 1.807) is 0 Å². The molecule has 16 heavy (non-hydrogen) atoms. The van der Waals surface area contributed by atoms with Gasteiger partial charge >= 0.3 is 91.0 Å². The average molecular weight is 379 g/mol. The van der Waals surface area contributed by atoms with Gasteiger partial charge in [0.05, 0.1) is 0 Å². The van der Waals surface area contributed by atoms with Gasteiger partial charge in [0, 0.05) is 36.7 Å². The van der Waals surface area contributed by atoms with Crippen LogP contribution in [0.4, 0.5) is 0 Å². The van der Waals surface area contributed by atoms with Gasteiger partial charge in [0.15, 0.2) is 0 Å². The van der Waals surface area contributed by atoms with Crippen molar-refractivity contribution in [3.05, 3.63) is 0 Å². The molecule has 10 heteroatoms. The van der Waals surface area contributed by atoms with E-state index < -0.39 is 36.7 Å². The van der Waals surface area contributed by atoms with Gasteiger partial charge < -0.3 is 39.6 Å². The Bertz CT molecular complexity index is 201. The zero-order valence-electron chi connectivity index (χ0n) is 8.09. The topological polar surface area (TPSA) is 161 Å². The zero-order chi connectivity index (χ0) is 11.7. The second-order valence-corrected chi connectivity index (χ2v) is 1.84. The summed E-state index contributed by atoms with van der Waals surface area (Å²) in [5.74, 6) is -6.50. The third kappa shape index (κ3) is 36.4. The Kier molecular flexibility index (Phi) is 25.4. The molecule has 0 rings (SSSR count). The third-order valence-corrected chi connectivity index (χ3v) is 0.577. The Morgan fingerprint density at radius 3 is 0.688 bits per heavy atom. The van der Waals surface area contributed by atoms with E-state index in [9.17, 15) is 39.6 Å². The van der Waals surface area contributed by atoms with Gasteiger partial charge in [-0.25, -0.2) is 0 Å². The molecule has 0 unspecified atom stereocenters. The Morgan fingerprint density at radius 1 is 0.562 bits per heavy atom. The van der Waals surface area contributed by atoms with Crippen LogP contribution >= 0.6 is 0 Å². The summed E-state index contributed by atoms with van der Waals surface area (Å²) in [7, 11) is 0. The van der Waals surface area contributed by atoms with Crippen LogP contribution in [0.3, 0.4) is 0 Å². The maximum absolute atomic E-state index is 9.28. The minimum absolute atomic E-state index is 0. The molecular weight excluding hydrogens is 375 g/mol. The molecule has 8 nitrogen and oxygen atoms in total. The molecule has 0 atom stereocenters. The minimum atomic E-state index is -1.63. The molecule has 0 bridgehead atoms. The van der Waals surface area contributed by atoms with Crippen LogP contribution in [-0.4, -0.2) is 115 Å². The van der Waals surface area contributed by atoms with Crippen LogP contribution in [0, 0.1) is 0 Å². The number of carboxylic acids is 4. The first-order valence-corrected chi connectivity index (χ1v) is 3.05. The molecule has 0 heterocycles. The molecule has 0 aromatic rings. The molecule has 0 saturated heterocycles. The van der Waals surface area contributed by atoms with Crippen molar-refractivity contribution in [3.8, 4) is 0 Å². The van der Waals surface area contributed by atoms with E-state index in [0.717, 1.165) is 0 Å². The normalized spacial score (nSPS) is 7.00. The molecule has 0 aliphatic carbocycles. The molecule has 0 aromatic carbocycles. The van der Waals surface area contributed by atoms with E-state index in [1.807, 2.05) is 0 Å². The monoisotopic (exact) mass is 380 g/mol. The fraction of sp³-hybridized carbons (Fsp3) is 0.333. The van der Waals surface area contributed by atoms with Crippen LogP contribution in [0.25, 0.3) is 0 Å². The van der Waals surface area contributed by atoms with Crippen molar-refractivity contribution in [3.63, 3.8) is 0 Å². The first-order valence-electron chi connectivity index (χ1n) is 3.05. The Balaban J connectivity index is -0.0000000800. The average Bonchev–Trinajstić information content (AvgIpc) is 1.79. The summed E-state index contributed by atoms with van der Waals surface area (Å²) in [4.78, 5) is 37.1. The van der Waals surface area contributed by atoms with Crippen LogP contribution in [0.2, 0.25) is 0 Å². The van der Waals surface area contributed by atoms with Crippen molar-refractivity contribution in [1.82, 2.24) is 0 Å². The van der Waals surface area contributed by atoms with E-state index in [1.165, 1.54) is 0 Å². The number of carbonyl (C=O) groups excluding carboxylic acids is 4. The van der Waals surface area contributed by atoms with Crippen LogP contribution in [0.5, 0.6) is 0 Å². The van der Waals surface area contributed by atoms with Gasteiger partial charge in [0.1, 0.15) is 0 Å². The van der Waals surface area contributed by atoms with Crippen LogP contribution in [0.1, 0.15) is 12.8 Å². The van der Waals surface area contributed by atoms with Gasteiger partial charge in [-0.2, -0.15) is 0 Å². The molecule has 0 aromatic heterocycles. The SMILES string of the molecule is O=C([O-])CC(=O)[O-].O=C([O-])CC(=O)[O-].[Sr+2].[Sr+2]. The van der Waals surface area contributed by atoms with Crippen molar-refractivity contribution in [1.29, 1.82) is 0 Å². The summed E-state index contributed by atoms with van der Waals surface area (Å²) >= 11 is 0.